The summed E-state index contributed by atoms with van der Waals surface area (Å²) in [5.74, 6) is 0.580. The van der Waals surface area contributed by atoms with Crippen LogP contribution in [0.5, 0.6) is 0 Å². The number of thiazole rings is 1. The maximum Gasteiger partial charge on any atom is 0.246 e. The van der Waals surface area contributed by atoms with Crippen molar-refractivity contribution in [2.24, 2.45) is 5.92 Å². The van der Waals surface area contributed by atoms with Gasteiger partial charge in [0.1, 0.15) is 6.04 Å². The van der Waals surface area contributed by atoms with Gasteiger partial charge in [0.25, 0.3) is 0 Å². The molecule has 1 atom stereocenters. The molecule has 4 heterocycles. The monoisotopic (exact) mass is 375 g/mol. The third kappa shape index (κ3) is 3.82. The fraction of sp³-hybridized carbons (Fsp3) is 0.611. The van der Waals surface area contributed by atoms with E-state index in [-0.39, 0.29) is 11.9 Å². The average molecular weight is 375 g/mol. The minimum atomic E-state index is -0.276. The van der Waals surface area contributed by atoms with E-state index in [4.69, 9.17) is 4.74 Å². The largest absolute Gasteiger partial charge is 0.381 e. The molecule has 1 N–H and O–H groups in total. The number of hydrogen-bond acceptors (Lipinski definition) is 6. The normalized spacial score (nSPS) is 21.5. The van der Waals surface area contributed by atoms with Crippen molar-refractivity contribution in [2.75, 3.05) is 26.3 Å². The van der Waals surface area contributed by atoms with Gasteiger partial charge in [-0.15, -0.1) is 11.3 Å². The number of rotatable bonds is 5. The van der Waals surface area contributed by atoms with Crippen LogP contribution in [0.2, 0.25) is 0 Å². The highest BCUT2D eigenvalue weighted by molar-refractivity contribution is 7.09. The summed E-state index contributed by atoms with van der Waals surface area (Å²) in [6.07, 6.45) is 3.83. The Hall–Kier alpha value is -1.77. The maximum atomic E-state index is 12.9. The van der Waals surface area contributed by atoms with Crippen molar-refractivity contribution < 1.29 is 9.53 Å². The molecular formula is C18H25N5O2S. The van der Waals surface area contributed by atoms with Crippen LogP contribution in [0.4, 0.5) is 0 Å². The van der Waals surface area contributed by atoms with Crippen LogP contribution in [0.15, 0.2) is 17.8 Å². The maximum absolute atomic E-state index is 12.9. The first-order chi connectivity index (χ1) is 12.7. The first kappa shape index (κ1) is 17.6. The summed E-state index contributed by atoms with van der Waals surface area (Å²) < 4.78 is 7.28. The van der Waals surface area contributed by atoms with Crippen molar-refractivity contribution in [3.8, 4) is 0 Å². The minimum Gasteiger partial charge on any atom is -0.381 e. The van der Waals surface area contributed by atoms with Gasteiger partial charge in [-0.25, -0.2) is 4.98 Å². The number of aryl methyl sites for hydroxylation is 1. The van der Waals surface area contributed by atoms with E-state index in [0.29, 0.717) is 12.5 Å². The van der Waals surface area contributed by atoms with E-state index in [2.05, 4.69) is 20.3 Å². The summed E-state index contributed by atoms with van der Waals surface area (Å²) in [7, 11) is 0. The van der Waals surface area contributed by atoms with Gasteiger partial charge in [-0.05, 0) is 31.7 Å². The Morgan fingerprint density at radius 1 is 1.42 bits per heavy atom. The molecule has 1 unspecified atom stereocenters. The van der Waals surface area contributed by atoms with E-state index in [1.54, 1.807) is 17.5 Å². The third-order valence-electron chi connectivity index (χ3n) is 5.28. The molecule has 0 spiro atoms. The van der Waals surface area contributed by atoms with Gasteiger partial charge in [0.15, 0.2) is 0 Å². The molecule has 2 aromatic heterocycles. The number of nitrogens with zero attached hydrogens (tertiary/aromatic N) is 4. The highest BCUT2D eigenvalue weighted by Gasteiger charge is 2.31. The molecule has 1 saturated heterocycles. The van der Waals surface area contributed by atoms with E-state index in [9.17, 15) is 4.79 Å². The molecule has 26 heavy (non-hydrogen) atoms. The van der Waals surface area contributed by atoms with Crippen LogP contribution >= 0.6 is 11.3 Å². The fourth-order valence-corrected chi connectivity index (χ4v) is 4.49. The van der Waals surface area contributed by atoms with Crippen LogP contribution in [-0.4, -0.2) is 51.9 Å². The van der Waals surface area contributed by atoms with Crippen molar-refractivity contribution in [3.63, 3.8) is 0 Å². The molecule has 140 valence electrons. The van der Waals surface area contributed by atoms with Crippen LogP contribution in [0.25, 0.3) is 0 Å². The number of fused-ring (bicyclic) bond motifs is 1. The first-order valence-corrected chi connectivity index (χ1v) is 10.1. The van der Waals surface area contributed by atoms with E-state index >= 15 is 0 Å². The Bertz CT molecular complexity index is 752. The van der Waals surface area contributed by atoms with Crippen LogP contribution < -0.4 is 5.32 Å². The zero-order valence-corrected chi connectivity index (χ0v) is 15.9. The van der Waals surface area contributed by atoms with Crippen molar-refractivity contribution in [1.29, 1.82) is 0 Å². The van der Waals surface area contributed by atoms with E-state index in [1.165, 1.54) is 4.88 Å². The number of carbonyl (C=O) groups excluding carboxylic acids is 1. The Morgan fingerprint density at radius 2 is 2.27 bits per heavy atom. The molecule has 8 heteroatoms. The summed E-state index contributed by atoms with van der Waals surface area (Å²) in [6, 6.07) is 1.73. The number of carbonyl (C=O) groups is 1. The Balaban J connectivity index is 1.42. The van der Waals surface area contributed by atoms with Gasteiger partial charge in [-0.1, -0.05) is 0 Å². The molecule has 7 nitrogen and oxygen atoms in total. The van der Waals surface area contributed by atoms with Crippen molar-refractivity contribution in [1.82, 2.24) is 25.0 Å². The Labute approximate surface area is 157 Å². The number of amides is 1. The second kappa shape index (κ2) is 7.85. The fourth-order valence-electron chi connectivity index (χ4n) is 3.67. The van der Waals surface area contributed by atoms with Gasteiger partial charge in [0.2, 0.25) is 5.91 Å². The molecule has 0 aromatic carbocycles. The van der Waals surface area contributed by atoms with Gasteiger partial charge in [0, 0.05) is 50.5 Å². The first-order valence-electron chi connectivity index (χ1n) is 9.20. The molecule has 1 fully saturated rings. The highest BCUT2D eigenvalue weighted by atomic mass is 32.1. The summed E-state index contributed by atoms with van der Waals surface area (Å²) in [5.41, 5.74) is 4.05. The lowest BCUT2D eigenvalue weighted by molar-refractivity contribution is -0.126. The lowest BCUT2D eigenvalue weighted by Crippen LogP contribution is -2.46. The zero-order chi connectivity index (χ0) is 17.9. The zero-order valence-electron chi connectivity index (χ0n) is 15.1. The standard InChI is InChI=1S/C18H25N5O2S/c1-13-17(26-12-20-13)11-22-9-15-2-5-21-23(15)16(10-22)18(24)19-8-14-3-6-25-7-4-14/h2,5,12,14,16H,3-4,6-11H2,1H3,(H,19,24). The molecule has 0 aliphatic carbocycles. The van der Waals surface area contributed by atoms with E-state index < -0.39 is 0 Å². The Morgan fingerprint density at radius 3 is 3.04 bits per heavy atom. The summed E-state index contributed by atoms with van der Waals surface area (Å²) in [5, 5.41) is 7.55. The van der Waals surface area contributed by atoms with Gasteiger partial charge < -0.3 is 10.1 Å². The average Bonchev–Trinajstić information content (AvgIpc) is 3.29. The van der Waals surface area contributed by atoms with Crippen molar-refractivity contribution in [2.45, 2.75) is 38.9 Å². The van der Waals surface area contributed by atoms with Crippen LogP contribution in [0.1, 0.15) is 35.1 Å². The van der Waals surface area contributed by atoms with Crippen molar-refractivity contribution in [3.05, 3.63) is 34.0 Å². The van der Waals surface area contributed by atoms with E-state index in [1.807, 2.05) is 23.2 Å². The molecule has 0 bridgehead atoms. The quantitative estimate of drug-likeness (QED) is 0.862. The SMILES string of the molecule is Cc1ncsc1CN1Cc2ccnn2C(C(=O)NCC2CCOCC2)C1. The molecule has 2 aromatic rings. The predicted octanol–water partition coefficient (Wildman–Crippen LogP) is 1.75. The molecule has 2 aliphatic heterocycles. The molecule has 4 rings (SSSR count). The van der Waals surface area contributed by atoms with Crippen LogP contribution in [0, 0.1) is 12.8 Å². The van der Waals surface area contributed by atoms with Crippen molar-refractivity contribution >= 4 is 17.2 Å². The number of hydrogen-bond donors (Lipinski definition) is 1. The second-order valence-corrected chi connectivity index (χ2v) is 8.05. The Kier molecular flexibility index (Phi) is 5.33. The highest BCUT2D eigenvalue weighted by Crippen LogP contribution is 2.24. The topological polar surface area (TPSA) is 72.3 Å². The number of nitrogens with one attached hydrogen (secondary N) is 1. The molecular weight excluding hydrogens is 350 g/mol. The predicted molar refractivity (Wildman–Crippen MR) is 98.8 cm³/mol. The molecule has 0 saturated carbocycles. The molecule has 0 radical (unpaired) electrons. The van der Waals surface area contributed by atoms with Gasteiger partial charge >= 0.3 is 0 Å². The molecule has 1 amide bonds. The summed E-state index contributed by atoms with van der Waals surface area (Å²) >= 11 is 1.68. The van der Waals surface area contributed by atoms with Gasteiger partial charge in [0.05, 0.1) is 16.9 Å². The number of ether oxygens (including phenoxy) is 1. The summed E-state index contributed by atoms with van der Waals surface area (Å²) in [4.78, 5) is 20.8. The summed E-state index contributed by atoms with van der Waals surface area (Å²) in [6.45, 7) is 6.67. The number of aromatic nitrogens is 3. The van der Waals surface area contributed by atoms with Gasteiger partial charge in [-0.3, -0.25) is 14.4 Å². The van der Waals surface area contributed by atoms with Gasteiger partial charge in [-0.2, -0.15) is 5.10 Å². The lowest BCUT2D eigenvalue weighted by Gasteiger charge is -2.33. The van der Waals surface area contributed by atoms with E-state index in [0.717, 1.165) is 57.1 Å². The smallest absolute Gasteiger partial charge is 0.246 e. The third-order valence-corrected chi connectivity index (χ3v) is 6.20. The molecule has 2 aliphatic rings. The lowest BCUT2D eigenvalue weighted by atomic mass is 10.0. The second-order valence-electron chi connectivity index (χ2n) is 7.11. The minimum absolute atomic E-state index is 0.0622. The van der Waals surface area contributed by atoms with Crippen LogP contribution in [0.3, 0.4) is 0 Å². The van der Waals surface area contributed by atoms with Crippen LogP contribution in [-0.2, 0) is 22.6 Å².